The highest BCUT2D eigenvalue weighted by Crippen LogP contribution is 2.24. The zero-order valence-electron chi connectivity index (χ0n) is 11.8. The zero-order valence-corrected chi connectivity index (χ0v) is 12.6. The van der Waals surface area contributed by atoms with Crippen LogP contribution in [-0.2, 0) is 0 Å². The summed E-state index contributed by atoms with van der Waals surface area (Å²) in [5, 5.41) is 13.1. The van der Waals surface area contributed by atoms with Crippen molar-refractivity contribution in [1.82, 2.24) is 14.6 Å². The number of halogens is 1. The van der Waals surface area contributed by atoms with Crippen LogP contribution < -0.4 is 5.73 Å². The Balaban J connectivity index is 2.13. The predicted molar refractivity (Wildman–Crippen MR) is 87.4 cm³/mol. The van der Waals surface area contributed by atoms with Crippen molar-refractivity contribution in [2.24, 2.45) is 10.7 Å². The molecule has 2 aromatic heterocycles. The van der Waals surface area contributed by atoms with Gasteiger partial charge in [-0.15, -0.1) is 11.6 Å². The van der Waals surface area contributed by atoms with E-state index in [1.165, 1.54) is 10.6 Å². The second-order valence-electron chi connectivity index (χ2n) is 4.72. The highest BCUT2D eigenvalue weighted by molar-refractivity contribution is 6.28. The Hall–Kier alpha value is -2.93. The summed E-state index contributed by atoms with van der Waals surface area (Å²) in [7, 11) is 0. The molecule has 1 aromatic carbocycles. The first-order valence-electron chi connectivity index (χ1n) is 6.66. The monoisotopic (exact) mass is 329 g/mol. The van der Waals surface area contributed by atoms with Gasteiger partial charge in [-0.1, -0.05) is 12.1 Å². The Morgan fingerprint density at radius 1 is 1.35 bits per heavy atom. The van der Waals surface area contributed by atoms with Gasteiger partial charge in [0, 0.05) is 17.8 Å². The van der Waals surface area contributed by atoms with E-state index in [9.17, 15) is 4.79 Å². The van der Waals surface area contributed by atoms with Gasteiger partial charge in [-0.3, -0.25) is 0 Å². The summed E-state index contributed by atoms with van der Waals surface area (Å²) in [6, 6.07) is 10.5. The summed E-state index contributed by atoms with van der Waals surface area (Å²) in [6.45, 7) is 0. The van der Waals surface area contributed by atoms with Gasteiger partial charge in [0.2, 0.25) is 0 Å². The van der Waals surface area contributed by atoms with E-state index in [2.05, 4.69) is 15.1 Å². The molecule has 0 radical (unpaired) electrons. The van der Waals surface area contributed by atoms with Crippen LogP contribution in [0.2, 0.25) is 0 Å². The van der Waals surface area contributed by atoms with Crippen LogP contribution in [0, 0.1) is 0 Å². The van der Waals surface area contributed by atoms with Crippen molar-refractivity contribution >= 4 is 34.7 Å². The van der Waals surface area contributed by atoms with E-state index in [4.69, 9.17) is 22.4 Å². The Kier molecular flexibility index (Phi) is 3.94. The number of hydrogen-bond donors (Lipinski definition) is 2. The van der Waals surface area contributed by atoms with Gasteiger partial charge >= 0.3 is 5.97 Å². The molecule has 0 unspecified atom stereocenters. The maximum atomic E-state index is 11.1. The molecule has 0 spiro atoms. The summed E-state index contributed by atoms with van der Waals surface area (Å²) in [5.41, 5.74) is 8.19. The molecule has 3 N–H and O–H groups in total. The topological polar surface area (TPSA) is 106 Å². The molecule has 116 valence electrons. The number of fused-ring (bicyclic) bond motifs is 1. The standard InChI is InChI=1S/C15H12ClN5O2/c16-8-13(17)19-10-3-1-2-9(6-10)12-4-5-18-14-7-11(15(22)23)20-21(12)14/h1-7H,8H2,(H2,17,19)(H,22,23). The number of amidine groups is 1. The Bertz CT molecular complexity index is 919. The average molecular weight is 330 g/mol. The van der Waals surface area contributed by atoms with Crippen LogP contribution in [0.5, 0.6) is 0 Å². The van der Waals surface area contributed by atoms with Crippen molar-refractivity contribution in [2.45, 2.75) is 0 Å². The molecule has 0 saturated heterocycles. The quantitative estimate of drug-likeness (QED) is 0.434. The van der Waals surface area contributed by atoms with Crippen LogP contribution in [0.25, 0.3) is 16.9 Å². The number of benzene rings is 1. The summed E-state index contributed by atoms with van der Waals surface area (Å²) in [4.78, 5) is 19.4. The third-order valence-corrected chi connectivity index (χ3v) is 3.40. The maximum absolute atomic E-state index is 11.1. The second kappa shape index (κ2) is 6.05. The van der Waals surface area contributed by atoms with Gasteiger partial charge in [0.05, 0.1) is 17.3 Å². The molecule has 7 nitrogen and oxygen atoms in total. The Morgan fingerprint density at radius 2 is 2.17 bits per heavy atom. The highest BCUT2D eigenvalue weighted by Gasteiger charge is 2.12. The molecule has 2 heterocycles. The van der Waals surface area contributed by atoms with Crippen LogP contribution in [0.1, 0.15) is 10.5 Å². The van der Waals surface area contributed by atoms with E-state index in [1.807, 2.05) is 18.2 Å². The van der Waals surface area contributed by atoms with Crippen molar-refractivity contribution in [3.8, 4) is 11.3 Å². The minimum absolute atomic E-state index is 0.0643. The summed E-state index contributed by atoms with van der Waals surface area (Å²) in [6.07, 6.45) is 1.60. The van der Waals surface area contributed by atoms with E-state index >= 15 is 0 Å². The summed E-state index contributed by atoms with van der Waals surface area (Å²) in [5.74, 6) is -0.643. The SMILES string of the molecule is NC(CCl)=Nc1cccc(-c2ccnc3cc(C(=O)O)nn23)c1. The molecule has 0 aliphatic rings. The zero-order chi connectivity index (χ0) is 16.4. The van der Waals surface area contributed by atoms with Crippen molar-refractivity contribution in [3.05, 3.63) is 48.3 Å². The number of carboxylic acid groups (broad SMARTS) is 1. The number of hydrogen-bond acceptors (Lipinski definition) is 4. The van der Waals surface area contributed by atoms with Crippen LogP contribution in [-0.4, -0.2) is 37.4 Å². The third-order valence-electron chi connectivity index (χ3n) is 3.13. The van der Waals surface area contributed by atoms with Crippen molar-refractivity contribution in [2.75, 3.05) is 5.88 Å². The lowest BCUT2D eigenvalue weighted by Crippen LogP contribution is -2.12. The van der Waals surface area contributed by atoms with Gasteiger partial charge in [-0.05, 0) is 18.2 Å². The maximum Gasteiger partial charge on any atom is 0.356 e. The molecule has 23 heavy (non-hydrogen) atoms. The van der Waals surface area contributed by atoms with Crippen LogP contribution >= 0.6 is 11.6 Å². The lowest BCUT2D eigenvalue weighted by atomic mass is 10.1. The summed E-state index contributed by atoms with van der Waals surface area (Å²) < 4.78 is 1.48. The van der Waals surface area contributed by atoms with E-state index in [1.54, 1.807) is 18.3 Å². The van der Waals surface area contributed by atoms with Gasteiger partial charge in [-0.25, -0.2) is 19.3 Å². The molecule has 3 rings (SSSR count). The first kappa shape index (κ1) is 15.0. The first-order chi connectivity index (χ1) is 11.1. The number of aliphatic imine (C=N–C) groups is 1. The predicted octanol–water partition coefficient (Wildman–Crippen LogP) is 2.32. The first-order valence-corrected chi connectivity index (χ1v) is 7.19. The highest BCUT2D eigenvalue weighted by atomic mass is 35.5. The van der Waals surface area contributed by atoms with Crippen LogP contribution in [0.4, 0.5) is 5.69 Å². The molecule has 0 aliphatic carbocycles. The van der Waals surface area contributed by atoms with Crippen molar-refractivity contribution in [3.63, 3.8) is 0 Å². The normalized spacial score (nSPS) is 11.8. The number of carboxylic acids is 1. The van der Waals surface area contributed by atoms with Crippen LogP contribution in [0.15, 0.2) is 47.6 Å². The lowest BCUT2D eigenvalue weighted by Gasteiger charge is -2.05. The molecule has 8 heteroatoms. The average Bonchev–Trinajstić information content (AvgIpc) is 2.99. The smallest absolute Gasteiger partial charge is 0.356 e. The van der Waals surface area contributed by atoms with Crippen LogP contribution in [0.3, 0.4) is 0 Å². The fraction of sp³-hybridized carbons (Fsp3) is 0.0667. The molecule has 0 fully saturated rings. The Morgan fingerprint density at radius 3 is 2.91 bits per heavy atom. The summed E-state index contributed by atoms with van der Waals surface area (Å²) >= 11 is 5.64. The molecular formula is C15H12ClN5O2. The lowest BCUT2D eigenvalue weighted by molar-refractivity contribution is 0.0690. The van der Waals surface area contributed by atoms with Gasteiger partial charge in [0.15, 0.2) is 11.3 Å². The number of carbonyl (C=O) groups is 1. The number of alkyl halides is 1. The molecular weight excluding hydrogens is 318 g/mol. The number of aromatic carboxylic acids is 1. The van der Waals surface area contributed by atoms with E-state index in [0.717, 1.165) is 5.56 Å². The number of rotatable bonds is 4. The van der Waals surface area contributed by atoms with Crippen molar-refractivity contribution < 1.29 is 9.90 Å². The number of nitrogens with two attached hydrogens (primary N) is 1. The van der Waals surface area contributed by atoms with Gasteiger partial charge in [0.25, 0.3) is 0 Å². The third kappa shape index (κ3) is 3.00. The number of nitrogens with zero attached hydrogens (tertiary/aromatic N) is 4. The molecule has 3 aromatic rings. The van der Waals surface area contributed by atoms with Gasteiger partial charge < -0.3 is 10.8 Å². The van der Waals surface area contributed by atoms with E-state index in [-0.39, 0.29) is 11.6 Å². The van der Waals surface area contributed by atoms with Crippen molar-refractivity contribution in [1.29, 1.82) is 0 Å². The second-order valence-corrected chi connectivity index (χ2v) is 4.99. The van der Waals surface area contributed by atoms with E-state index in [0.29, 0.717) is 22.9 Å². The molecule has 0 amide bonds. The largest absolute Gasteiger partial charge is 0.476 e. The van der Waals surface area contributed by atoms with E-state index < -0.39 is 5.97 Å². The minimum Gasteiger partial charge on any atom is -0.476 e. The molecule has 0 aliphatic heterocycles. The molecule has 0 bridgehead atoms. The van der Waals surface area contributed by atoms with Gasteiger partial charge in [-0.2, -0.15) is 5.10 Å². The minimum atomic E-state index is -1.10. The fourth-order valence-corrected chi connectivity index (χ4v) is 2.21. The molecule has 0 saturated carbocycles. The Labute approximate surface area is 136 Å². The molecule has 0 atom stereocenters. The number of aromatic nitrogens is 3. The fourth-order valence-electron chi connectivity index (χ4n) is 2.15. The van der Waals surface area contributed by atoms with Gasteiger partial charge in [0.1, 0.15) is 5.84 Å².